The van der Waals surface area contributed by atoms with Crippen LogP contribution in [0.25, 0.3) is 0 Å². The average Bonchev–Trinajstić information content (AvgIpc) is 2.62. The van der Waals surface area contributed by atoms with E-state index in [1.807, 2.05) is 0 Å². The summed E-state index contributed by atoms with van der Waals surface area (Å²) in [5.74, 6) is -0.783. The lowest BCUT2D eigenvalue weighted by molar-refractivity contribution is -0.158. The first-order valence-corrected chi connectivity index (χ1v) is 4.09. The normalized spacial score (nSPS) is 44.8. The summed E-state index contributed by atoms with van der Waals surface area (Å²) in [6.45, 7) is 0. The molecule has 4 heteroatoms. The fraction of sp³-hybridized carbons (Fsp3) is 0.875. The molecule has 3 atom stereocenters. The molecule has 0 aromatic heterocycles. The van der Waals surface area contributed by atoms with Crippen molar-refractivity contribution >= 4 is 5.97 Å². The van der Waals surface area contributed by atoms with E-state index in [0.29, 0.717) is 6.42 Å². The van der Waals surface area contributed by atoms with E-state index in [-0.39, 0.29) is 12.5 Å². The number of methoxy groups -OCH3 is 1. The average molecular weight is 174 g/mol. The number of esters is 1. The van der Waals surface area contributed by atoms with Crippen LogP contribution in [0.4, 0.5) is 4.39 Å². The quantitative estimate of drug-likeness (QED) is 0.552. The predicted octanol–water partition coefficient (Wildman–Crippen LogP) is 0.819. The van der Waals surface area contributed by atoms with Gasteiger partial charge in [0, 0.05) is 6.42 Å². The molecule has 2 aliphatic heterocycles. The number of hydrogen-bond donors (Lipinski definition) is 0. The maximum absolute atomic E-state index is 13.8. The van der Waals surface area contributed by atoms with Crippen LogP contribution in [-0.4, -0.2) is 31.0 Å². The van der Waals surface area contributed by atoms with Gasteiger partial charge in [0.2, 0.25) is 5.67 Å². The van der Waals surface area contributed by atoms with Crippen molar-refractivity contribution in [2.45, 2.75) is 37.1 Å². The summed E-state index contributed by atoms with van der Waals surface area (Å²) in [5.41, 5.74) is -1.86. The molecule has 0 saturated carbocycles. The molecular formula is C8H11FO3. The van der Waals surface area contributed by atoms with Crippen LogP contribution >= 0.6 is 0 Å². The van der Waals surface area contributed by atoms with Crippen LogP contribution < -0.4 is 0 Å². The monoisotopic (exact) mass is 174 g/mol. The number of carbonyl (C=O) groups excluding carboxylic acids is 1. The van der Waals surface area contributed by atoms with Gasteiger partial charge in [-0.3, -0.25) is 0 Å². The van der Waals surface area contributed by atoms with Gasteiger partial charge in [-0.2, -0.15) is 0 Å². The first-order chi connectivity index (χ1) is 5.66. The van der Waals surface area contributed by atoms with Crippen LogP contribution in [0.5, 0.6) is 0 Å². The molecule has 2 heterocycles. The van der Waals surface area contributed by atoms with Crippen LogP contribution in [0, 0.1) is 0 Å². The van der Waals surface area contributed by atoms with Gasteiger partial charge in [-0.1, -0.05) is 0 Å². The Morgan fingerprint density at radius 2 is 2.42 bits per heavy atom. The van der Waals surface area contributed by atoms with Gasteiger partial charge in [0.05, 0.1) is 13.2 Å². The van der Waals surface area contributed by atoms with Crippen LogP contribution in [0.15, 0.2) is 0 Å². The highest BCUT2D eigenvalue weighted by Gasteiger charge is 2.59. The minimum absolute atomic E-state index is 0.0703. The highest BCUT2D eigenvalue weighted by Crippen LogP contribution is 2.44. The Hall–Kier alpha value is -0.640. The molecule has 0 radical (unpaired) electrons. The Bertz CT molecular complexity index is 218. The number of halogens is 1. The molecule has 0 N–H and O–H groups in total. The van der Waals surface area contributed by atoms with E-state index in [4.69, 9.17) is 4.74 Å². The molecule has 2 aliphatic rings. The number of hydrogen-bond acceptors (Lipinski definition) is 3. The molecule has 2 rings (SSSR count). The fourth-order valence-corrected chi connectivity index (χ4v) is 2.04. The van der Waals surface area contributed by atoms with Gasteiger partial charge in [-0.15, -0.1) is 0 Å². The minimum Gasteiger partial charge on any atom is -0.467 e. The molecule has 68 valence electrons. The Morgan fingerprint density at radius 3 is 2.83 bits per heavy atom. The van der Waals surface area contributed by atoms with Crippen molar-refractivity contribution in [3.63, 3.8) is 0 Å². The third-order valence-electron chi connectivity index (χ3n) is 2.67. The second kappa shape index (κ2) is 2.42. The molecule has 2 saturated heterocycles. The van der Waals surface area contributed by atoms with Crippen molar-refractivity contribution in [2.24, 2.45) is 0 Å². The zero-order chi connectivity index (χ0) is 8.77. The molecule has 2 fully saturated rings. The highest BCUT2D eigenvalue weighted by atomic mass is 19.1. The van der Waals surface area contributed by atoms with E-state index >= 15 is 0 Å². The molecule has 0 spiro atoms. The predicted molar refractivity (Wildman–Crippen MR) is 38.4 cm³/mol. The van der Waals surface area contributed by atoms with E-state index in [9.17, 15) is 9.18 Å². The zero-order valence-corrected chi connectivity index (χ0v) is 6.88. The third-order valence-corrected chi connectivity index (χ3v) is 2.67. The molecular weight excluding hydrogens is 163 g/mol. The van der Waals surface area contributed by atoms with Crippen LogP contribution in [0.1, 0.15) is 19.3 Å². The van der Waals surface area contributed by atoms with Gasteiger partial charge in [0.15, 0.2) is 0 Å². The van der Waals surface area contributed by atoms with E-state index < -0.39 is 17.7 Å². The molecule has 2 bridgehead atoms. The molecule has 0 unspecified atom stereocenters. The smallest absolute Gasteiger partial charge is 0.346 e. The highest BCUT2D eigenvalue weighted by molar-refractivity contribution is 5.81. The molecule has 0 aromatic rings. The second-order valence-corrected chi connectivity index (χ2v) is 3.38. The summed E-state index contributed by atoms with van der Waals surface area (Å²) in [6, 6.07) is 0. The molecule has 3 nitrogen and oxygen atoms in total. The number of ether oxygens (including phenoxy) is 2. The number of rotatable bonds is 1. The Balaban J connectivity index is 2.17. The van der Waals surface area contributed by atoms with Crippen molar-refractivity contribution in [2.75, 3.05) is 7.11 Å². The van der Waals surface area contributed by atoms with Gasteiger partial charge in [-0.05, 0) is 12.8 Å². The van der Waals surface area contributed by atoms with Crippen molar-refractivity contribution in [3.8, 4) is 0 Å². The Labute approximate surface area is 69.8 Å². The van der Waals surface area contributed by atoms with Gasteiger partial charge in [0.1, 0.15) is 6.10 Å². The summed E-state index contributed by atoms with van der Waals surface area (Å²) < 4.78 is 23.4. The molecule has 0 aliphatic carbocycles. The summed E-state index contributed by atoms with van der Waals surface area (Å²) in [4.78, 5) is 11.0. The minimum atomic E-state index is -1.86. The van der Waals surface area contributed by atoms with Gasteiger partial charge in [0.25, 0.3) is 0 Å². The second-order valence-electron chi connectivity index (χ2n) is 3.38. The van der Waals surface area contributed by atoms with Gasteiger partial charge >= 0.3 is 5.97 Å². The maximum Gasteiger partial charge on any atom is 0.346 e. The summed E-state index contributed by atoms with van der Waals surface area (Å²) >= 11 is 0. The topological polar surface area (TPSA) is 35.5 Å². The van der Waals surface area contributed by atoms with Crippen LogP contribution in [0.3, 0.4) is 0 Å². The molecule has 0 aromatic carbocycles. The molecule has 12 heavy (non-hydrogen) atoms. The van der Waals surface area contributed by atoms with Gasteiger partial charge in [-0.25, -0.2) is 9.18 Å². The Morgan fingerprint density at radius 1 is 1.67 bits per heavy atom. The lowest BCUT2D eigenvalue weighted by Crippen LogP contribution is -2.43. The first-order valence-electron chi connectivity index (χ1n) is 4.09. The number of carbonyl (C=O) groups is 1. The summed E-state index contributed by atoms with van der Waals surface area (Å²) in [6.07, 6.45) is 1.04. The largest absolute Gasteiger partial charge is 0.467 e. The fourth-order valence-electron chi connectivity index (χ4n) is 2.04. The first kappa shape index (κ1) is 7.98. The van der Waals surface area contributed by atoms with E-state index in [1.54, 1.807) is 0 Å². The van der Waals surface area contributed by atoms with Crippen molar-refractivity contribution in [1.29, 1.82) is 0 Å². The zero-order valence-electron chi connectivity index (χ0n) is 6.88. The van der Waals surface area contributed by atoms with Crippen LogP contribution in [0.2, 0.25) is 0 Å². The van der Waals surface area contributed by atoms with Crippen molar-refractivity contribution in [1.82, 2.24) is 0 Å². The standard InChI is InChI=1S/C8H11FO3/c1-11-7(10)8(9)4-5-2-3-6(8)12-5/h5-6H,2-4H2,1H3/t5-,6+,8+/m1/s1. The van der Waals surface area contributed by atoms with E-state index in [2.05, 4.69) is 4.74 Å². The lowest BCUT2D eigenvalue weighted by Gasteiger charge is -2.23. The summed E-state index contributed by atoms with van der Waals surface area (Å²) in [5, 5.41) is 0. The SMILES string of the molecule is COC(=O)[C@]1(F)C[C@H]2CC[C@@H]1O2. The third kappa shape index (κ3) is 0.874. The maximum atomic E-state index is 13.8. The van der Waals surface area contributed by atoms with Crippen molar-refractivity contribution in [3.05, 3.63) is 0 Å². The van der Waals surface area contributed by atoms with Crippen LogP contribution in [-0.2, 0) is 14.3 Å². The van der Waals surface area contributed by atoms with Gasteiger partial charge < -0.3 is 9.47 Å². The van der Waals surface area contributed by atoms with E-state index in [0.717, 1.165) is 6.42 Å². The summed E-state index contributed by atoms with van der Waals surface area (Å²) in [7, 11) is 1.20. The lowest BCUT2D eigenvalue weighted by atomic mass is 9.86. The number of alkyl halides is 1. The number of fused-ring (bicyclic) bond motifs is 2. The van der Waals surface area contributed by atoms with Crippen molar-refractivity contribution < 1.29 is 18.7 Å². The van der Waals surface area contributed by atoms with E-state index in [1.165, 1.54) is 7.11 Å². The molecule has 0 amide bonds. The Kier molecular flexibility index (Phi) is 1.61.